The van der Waals surface area contributed by atoms with Crippen molar-refractivity contribution in [1.82, 2.24) is 4.90 Å². The summed E-state index contributed by atoms with van der Waals surface area (Å²) in [6.45, 7) is 7.33. The van der Waals surface area contributed by atoms with Crippen molar-refractivity contribution in [3.8, 4) is 0 Å². The van der Waals surface area contributed by atoms with E-state index in [2.05, 4.69) is 0 Å². The lowest BCUT2D eigenvalue weighted by molar-refractivity contribution is 0.0772. The van der Waals surface area contributed by atoms with Crippen molar-refractivity contribution in [2.45, 2.75) is 20.8 Å². The fourth-order valence-electron chi connectivity index (χ4n) is 1.55. The lowest BCUT2D eigenvalue weighted by atomic mass is 10.1. The molecule has 0 fully saturated rings. The van der Waals surface area contributed by atoms with Gasteiger partial charge in [-0.25, -0.2) is 0 Å². The van der Waals surface area contributed by atoms with E-state index in [9.17, 15) is 4.79 Å². The van der Waals surface area contributed by atoms with Crippen LogP contribution >= 0.6 is 11.6 Å². The van der Waals surface area contributed by atoms with Gasteiger partial charge in [-0.2, -0.15) is 0 Å². The lowest BCUT2D eigenvalue weighted by Crippen LogP contribution is -2.30. The van der Waals surface area contributed by atoms with Crippen LogP contribution in [0.5, 0.6) is 0 Å². The Kier molecular flexibility index (Phi) is 4.15. The maximum Gasteiger partial charge on any atom is 0.254 e. The van der Waals surface area contributed by atoms with Gasteiger partial charge in [0.15, 0.2) is 0 Å². The van der Waals surface area contributed by atoms with Crippen molar-refractivity contribution in [3.05, 3.63) is 34.3 Å². The Labute approximate surface area is 95.8 Å². The highest BCUT2D eigenvalue weighted by Gasteiger charge is 2.14. The summed E-state index contributed by atoms with van der Waals surface area (Å²) in [6, 6.07) is 5.36. The van der Waals surface area contributed by atoms with E-state index in [0.29, 0.717) is 5.02 Å². The van der Waals surface area contributed by atoms with Crippen LogP contribution in [0, 0.1) is 6.92 Å². The van der Waals surface area contributed by atoms with Crippen molar-refractivity contribution < 1.29 is 4.79 Å². The van der Waals surface area contributed by atoms with E-state index in [1.165, 1.54) is 0 Å². The standard InChI is InChI=1S/C12H16ClNO/c1-4-14(5-2)12(15)11-7-6-10(13)8-9(11)3/h6-8H,4-5H2,1-3H3. The van der Waals surface area contributed by atoms with Crippen LogP contribution in [0.2, 0.25) is 5.02 Å². The SMILES string of the molecule is CCN(CC)C(=O)c1ccc(Cl)cc1C. The zero-order valence-corrected chi connectivity index (χ0v) is 10.1. The number of carbonyl (C=O) groups is 1. The third-order valence-electron chi connectivity index (χ3n) is 2.47. The van der Waals surface area contributed by atoms with Gasteiger partial charge in [0, 0.05) is 23.7 Å². The molecule has 1 aromatic rings. The highest BCUT2D eigenvalue weighted by Crippen LogP contribution is 2.16. The molecule has 82 valence electrons. The molecule has 0 aliphatic heterocycles. The third-order valence-corrected chi connectivity index (χ3v) is 2.70. The van der Waals surface area contributed by atoms with E-state index in [-0.39, 0.29) is 5.91 Å². The summed E-state index contributed by atoms with van der Waals surface area (Å²) in [5, 5.41) is 0.670. The number of amides is 1. The van der Waals surface area contributed by atoms with E-state index in [1.54, 1.807) is 17.0 Å². The summed E-state index contributed by atoms with van der Waals surface area (Å²) in [4.78, 5) is 13.8. The number of aryl methyl sites for hydroxylation is 1. The summed E-state index contributed by atoms with van der Waals surface area (Å²) in [5.41, 5.74) is 1.67. The Hall–Kier alpha value is -1.02. The maximum absolute atomic E-state index is 12.0. The Balaban J connectivity index is 3.00. The highest BCUT2D eigenvalue weighted by molar-refractivity contribution is 6.30. The van der Waals surface area contributed by atoms with Crippen molar-refractivity contribution in [2.24, 2.45) is 0 Å². The van der Waals surface area contributed by atoms with Crippen LogP contribution in [-0.2, 0) is 0 Å². The first-order valence-electron chi connectivity index (χ1n) is 5.15. The van der Waals surface area contributed by atoms with Gasteiger partial charge in [0.2, 0.25) is 0 Å². The zero-order chi connectivity index (χ0) is 11.4. The molecule has 0 saturated heterocycles. The predicted octanol–water partition coefficient (Wildman–Crippen LogP) is 3.13. The van der Waals surface area contributed by atoms with E-state index in [0.717, 1.165) is 24.2 Å². The van der Waals surface area contributed by atoms with Gasteiger partial charge in [0.25, 0.3) is 5.91 Å². The fourth-order valence-corrected chi connectivity index (χ4v) is 1.77. The summed E-state index contributed by atoms with van der Waals surface area (Å²) < 4.78 is 0. The molecule has 0 aromatic heterocycles. The van der Waals surface area contributed by atoms with Gasteiger partial charge in [0.1, 0.15) is 0 Å². The van der Waals surface area contributed by atoms with E-state index < -0.39 is 0 Å². The lowest BCUT2D eigenvalue weighted by Gasteiger charge is -2.19. The number of hydrogen-bond donors (Lipinski definition) is 0. The van der Waals surface area contributed by atoms with Crippen LogP contribution in [0.25, 0.3) is 0 Å². The van der Waals surface area contributed by atoms with Gasteiger partial charge in [-0.15, -0.1) is 0 Å². The smallest absolute Gasteiger partial charge is 0.254 e. The largest absolute Gasteiger partial charge is 0.339 e. The summed E-state index contributed by atoms with van der Waals surface area (Å²) in [5.74, 6) is 0.0779. The Morgan fingerprint density at radius 2 is 1.93 bits per heavy atom. The Bertz CT molecular complexity index is 359. The van der Waals surface area contributed by atoms with Crippen molar-refractivity contribution in [3.63, 3.8) is 0 Å². The predicted molar refractivity (Wildman–Crippen MR) is 63.4 cm³/mol. The molecule has 0 saturated carbocycles. The van der Waals surface area contributed by atoms with Gasteiger partial charge >= 0.3 is 0 Å². The molecule has 0 unspecified atom stereocenters. The molecule has 0 spiro atoms. The van der Waals surface area contributed by atoms with Crippen LogP contribution in [-0.4, -0.2) is 23.9 Å². The van der Waals surface area contributed by atoms with Gasteiger partial charge in [-0.1, -0.05) is 11.6 Å². The van der Waals surface area contributed by atoms with Crippen molar-refractivity contribution in [2.75, 3.05) is 13.1 Å². The molecule has 0 atom stereocenters. The fraction of sp³-hybridized carbons (Fsp3) is 0.417. The number of nitrogens with zero attached hydrogens (tertiary/aromatic N) is 1. The highest BCUT2D eigenvalue weighted by atomic mass is 35.5. The van der Waals surface area contributed by atoms with Gasteiger partial charge in [-0.05, 0) is 44.5 Å². The van der Waals surface area contributed by atoms with Crippen LogP contribution in [0.1, 0.15) is 29.8 Å². The molecule has 3 heteroatoms. The Morgan fingerprint density at radius 1 is 1.33 bits per heavy atom. The molecule has 1 amide bonds. The second-order valence-electron chi connectivity index (χ2n) is 3.44. The second kappa shape index (κ2) is 5.17. The van der Waals surface area contributed by atoms with Crippen LogP contribution < -0.4 is 0 Å². The maximum atomic E-state index is 12.0. The van der Waals surface area contributed by atoms with E-state index in [4.69, 9.17) is 11.6 Å². The molecule has 0 heterocycles. The topological polar surface area (TPSA) is 20.3 Å². The average Bonchev–Trinajstić information content (AvgIpc) is 2.19. The number of hydrogen-bond acceptors (Lipinski definition) is 1. The molecule has 0 N–H and O–H groups in total. The van der Waals surface area contributed by atoms with Gasteiger partial charge in [0.05, 0.1) is 0 Å². The number of halogens is 1. The van der Waals surface area contributed by atoms with E-state index in [1.807, 2.05) is 26.8 Å². The molecule has 2 nitrogen and oxygen atoms in total. The minimum absolute atomic E-state index is 0.0779. The first-order valence-corrected chi connectivity index (χ1v) is 5.53. The van der Waals surface area contributed by atoms with E-state index >= 15 is 0 Å². The summed E-state index contributed by atoms with van der Waals surface area (Å²) in [7, 11) is 0. The van der Waals surface area contributed by atoms with Crippen LogP contribution in [0.4, 0.5) is 0 Å². The summed E-state index contributed by atoms with van der Waals surface area (Å²) >= 11 is 5.84. The monoisotopic (exact) mass is 225 g/mol. The van der Waals surface area contributed by atoms with Crippen molar-refractivity contribution in [1.29, 1.82) is 0 Å². The molecular formula is C12H16ClNO. The van der Waals surface area contributed by atoms with Gasteiger partial charge < -0.3 is 4.90 Å². The molecule has 0 radical (unpaired) electrons. The first-order chi connectivity index (χ1) is 7.10. The molecule has 0 aliphatic carbocycles. The third kappa shape index (κ3) is 2.72. The average molecular weight is 226 g/mol. The molecule has 1 rings (SSSR count). The second-order valence-corrected chi connectivity index (χ2v) is 3.87. The number of carbonyl (C=O) groups excluding carboxylic acids is 1. The number of rotatable bonds is 3. The van der Waals surface area contributed by atoms with Crippen LogP contribution in [0.15, 0.2) is 18.2 Å². The minimum atomic E-state index is 0.0779. The normalized spacial score (nSPS) is 10.1. The summed E-state index contributed by atoms with van der Waals surface area (Å²) in [6.07, 6.45) is 0. The quantitative estimate of drug-likeness (QED) is 0.774. The molecule has 0 aliphatic rings. The zero-order valence-electron chi connectivity index (χ0n) is 9.38. The van der Waals surface area contributed by atoms with Crippen LogP contribution in [0.3, 0.4) is 0 Å². The minimum Gasteiger partial charge on any atom is -0.339 e. The molecular weight excluding hydrogens is 210 g/mol. The molecule has 0 bridgehead atoms. The van der Waals surface area contributed by atoms with Gasteiger partial charge in [-0.3, -0.25) is 4.79 Å². The molecule has 1 aromatic carbocycles. The Morgan fingerprint density at radius 3 is 2.40 bits per heavy atom. The van der Waals surface area contributed by atoms with Crippen molar-refractivity contribution >= 4 is 17.5 Å². The first kappa shape index (κ1) is 12.1. The number of benzene rings is 1. The molecule has 15 heavy (non-hydrogen) atoms.